The second-order valence-corrected chi connectivity index (χ2v) is 8.68. The van der Waals surface area contributed by atoms with Crippen LogP contribution in [0.3, 0.4) is 0 Å². The molecule has 0 atom stereocenters. The van der Waals surface area contributed by atoms with Gasteiger partial charge in [0, 0.05) is 26.9 Å². The quantitative estimate of drug-likeness (QED) is 0.298. The van der Waals surface area contributed by atoms with Gasteiger partial charge in [-0.25, -0.2) is 4.98 Å². The molecule has 0 radical (unpaired) electrons. The highest BCUT2D eigenvalue weighted by molar-refractivity contribution is 7.99. The Balaban J connectivity index is 1.67. The van der Waals surface area contributed by atoms with Crippen LogP contribution in [0.4, 0.5) is 0 Å². The van der Waals surface area contributed by atoms with E-state index in [1.807, 2.05) is 42.5 Å². The first-order valence-electron chi connectivity index (χ1n) is 9.16. The molecule has 0 saturated heterocycles. The average molecular weight is 453 g/mol. The molecule has 0 aliphatic carbocycles. The topological polar surface area (TPSA) is 55.2 Å². The molecule has 148 valence electrons. The van der Waals surface area contributed by atoms with Crippen molar-refractivity contribution >= 4 is 35.0 Å². The van der Waals surface area contributed by atoms with E-state index in [4.69, 9.17) is 32.9 Å². The van der Waals surface area contributed by atoms with E-state index in [1.165, 1.54) is 17.8 Å². The third-order valence-corrected chi connectivity index (χ3v) is 6.19. The van der Waals surface area contributed by atoms with Gasteiger partial charge in [0.1, 0.15) is 16.5 Å². The summed E-state index contributed by atoms with van der Waals surface area (Å²) in [5.74, 6) is 1.58. The Morgan fingerprint density at radius 3 is 2.50 bits per heavy atom. The lowest BCUT2D eigenvalue weighted by Crippen LogP contribution is -2.09. The Kier molecular flexibility index (Phi) is 5.03. The van der Waals surface area contributed by atoms with E-state index in [1.54, 1.807) is 18.2 Å². The van der Waals surface area contributed by atoms with Crippen molar-refractivity contribution in [2.75, 3.05) is 0 Å². The van der Waals surface area contributed by atoms with E-state index >= 15 is 0 Å². The van der Waals surface area contributed by atoms with Gasteiger partial charge in [-0.05, 0) is 48.5 Å². The lowest BCUT2D eigenvalue weighted by atomic mass is 10.0. The fourth-order valence-electron chi connectivity index (χ4n) is 3.25. The van der Waals surface area contributed by atoms with Crippen LogP contribution in [0.1, 0.15) is 11.1 Å². The molecule has 7 heteroatoms. The van der Waals surface area contributed by atoms with Crippen LogP contribution >= 0.6 is 35.0 Å². The van der Waals surface area contributed by atoms with Crippen molar-refractivity contribution in [1.29, 1.82) is 0 Å². The van der Waals surface area contributed by atoms with Crippen molar-refractivity contribution in [2.45, 2.75) is 16.3 Å². The number of rotatable bonds is 3. The van der Waals surface area contributed by atoms with Crippen LogP contribution in [-0.2, 0) is 6.42 Å². The molecule has 4 nitrogen and oxygen atoms in total. The molecule has 0 fully saturated rings. The van der Waals surface area contributed by atoms with Crippen molar-refractivity contribution in [2.24, 2.45) is 0 Å². The molecule has 0 amide bonds. The summed E-state index contributed by atoms with van der Waals surface area (Å²) in [6.45, 7) is 0. The van der Waals surface area contributed by atoms with E-state index in [0.717, 1.165) is 21.0 Å². The number of phenolic OH excluding ortho intramolecular Hbond substituents is 1. The molecular weight excluding hydrogens is 439 g/mol. The van der Waals surface area contributed by atoms with E-state index in [2.05, 4.69) is 4.98 Å². The first kappa shape index (κ1) is 19.2. The Morgan fingerprint density at radius 1 is 0.900 bits per heavy atom. The Morgan fingerprint density at radius 2 is 1.67 bits per heavy atom. The molecule has 1 aliphatic rings. The summed E-state index contributed by atoms with van der Waals surface area (Å²) in [5, 5.41) is 12.3. The van der Waals surface area contributed by atoms with E-state index in [9.17, 15) is 5.11 Å². The zero-order valence-electron chi connectivity index (χ0n) is 15.5. The third kappa shape index (κ3) is 3.72. The summed E-state index contributed by atoms with van der Waals surface area (Å²) in [6.07, 6.45) is 0.599. The van der Waals surface area contributed by atoms with Gasteiger partial charge >= 0.3 is 0 Å². The Labute approximate surface area is 187 Å². The smallest absolute Gasteiger partial charge is 0.227 e. The zero-order valence-corrected chi connectivity index (χ0v) is 17.8. The fourth-order valence-corrected chi connectivity index (χ4v) is 4.55. The normalized spacial score (nSPS) is 12.1. The molecule has 1 aliphatic heterocycles. The largest absolute Gasteiger partial charge is 0.507 e. The van der Waals surface area contributed by atoms with Gasteiger partial charge in [0.2, 0.25) is 5.88 Å². The second-order valence-electron chi connectivity index (χ2n) is 6.74. The summed E-state index contributed by atoms with van der Waals surface area (Å²) >= 11 is 13.8. The highest BCUT2D eigenvalue weighted by Crippen LogP contribution is 2.43. The van der Waals surface area contributed by atoms with Crippen LogP contribution in [0.5, 0.6) is 17.4 Å². The van der Waals surface area contributed by atoms with Gasteiger partial charge in [-0.1, -0.05) is 53.2 Å². The number of halogens is 2. The highest BCUT2D eigenvalue weighted by Gasteiger charge is 2.25. The molecule has 1 N–H and O–H groups in total. The summed E-state index contributed by atoms with van der Waals surface area (Å²) < 4.78 is 6.11. The molecule has 0 spiro atoms. The van der Waals surface area contributed by atoms with Gasteiger partial charge in [-0.15, -0.1) is 0 Å². The first-order valence-corrected chi connectivity index (χ1v) is 10.7. The summed E-state index contributed by atoms with van der Waals surface area (Å²) in [4.78, 5) is 10.4. The average Bonchev–Trinajstić information content (AvgIpc) is 2.75. The maximum atomic E-state index is 10.4. The van der Waals surface area contributed by atoms with E-state index in [-0.39, 0.29) is 5.75 Å². The van der Waals surface area contributed by atoms with Crippen LogP contribution < -0.4 is 4.74 Å². The van der Waals surface area contributed by atoms with Crippen LogP contribution in [0.2, 0.25) is 10.0 Å². The lowest BCUT2D eigenvalue weighted by molar-refractivity contribution is 0.435. The van der Waals surface area contributed by atoms with Gasteiger partial charge in [-0.2, -0.15) is 4.98 Å². The summed E-state index contributed by atoms with van der Waals surface area (Å²) in [6, 6.07) is 20.3. The first-order chi connectivity index (χ1) is 14.6. The van der Waals surface area contributed by atoms with Gasteiger partial charge in [0.25, 0.3) is 0 Å². The molecule has 0 bridgehead atoms. The number of aromatic hydroxyl groups is 1. The van der Waals surface area contributed by atoms with Crippen molar-refractivity contribution in [3.8, 4) is 28.8 Å². The highest BCUT2D eigenvalue weighted by atomic mass is 35.5. The maximum Gasteiger partial charge on any atom is 0.227 e. The number of hydrogen-bond donors (Lipinski definition) is 1. The molecule has 4 aromatic rings. The molecule has 2 heterocycles. The van der Waals surface area contributed by atoms with Crippen LogP contribution in [-0.4, -0.2) is 15.1 Å². The van der Waals surface area contributed by atoms with Crippen molar-refractivity contribution in [1.82, 2.24) is 9.97 Å². The third-order valence-electron chi connectivity index (χ3n) is 4.68. The lowest BCUT2D eigenvalue weighted by Gasteiger charge is -2.22. The number of phenols is 1. The number of aromatic nitrogens is 2. The van der Waals surface area contributed by atoms with Crippen molar-refractivity contribution in [3.05, 3.63) is 87.9 Å². The van der Waals surface area contributed by atoms with Crippen molar-refractivity contribution in [3.63, 3.8) is 0 Å². The van der Waals surface area contributed by atoms with Crippen LogP contribution in [0, 0.1) is 0 Å². The molecule has 3 aromatic carbocycles. The van der Waals surface area contributed by atoms with Gasteiger partial charge in [-0.3, -0.25) is 0 Å². The number of fused-ring (bicyclic) bond motifs is 2. The minimum atomic E-state index is 0.0537. The van der Waals surface area contributed by atoms with E-state index in [0.29, 0.717) is 39.5 Å². The molecular formula is C23H14Cl2N2O2S. The van der Waals surface area contributed by atoms with Gasteiger partial charge in [0.15, 0.2) is 5.82 Å². The number of hydrogen-bond acceptors (Lipinski definition) is 5. The fraction of sp³-hybridized carbons (Fsp3) is 0.0435. The molecule has 30 heavy (non-hydrogen) atoms. The number of ether oxygens (including phenoxy) is 1. The van der Waals surface area contributed by atoms with Gasteiger partial charge < -0.3 is 9.84 Å². The SMILES string of the molecule is Oc1ccc(Cl)cc1-c1nc2c(c(Sc3ccccc3)n1)Cc1cc(Cl)ccc1O2. The number of benzene rings is 3. The monoisotopic (exact) mass is 452 g/mol. The summed E-state index contributed by atoms with van der Waals surface area (Å²) in [5.41, 5.74) is 2.31. The second kappa shape index (κ2) is 7.84. The van der Waals surface area contributed by atoms with Gasteiger partial charge in [0.05, 0.1) is 11.1 Å². The summed E-state index contributed by atoms with van der Waals surface area (Å²) in [7, 11) is 0. The Hall–Kier alpha value is -2.73. The predicted octanol–water partition coefficient (Wildman–Crippen LogP) is 7.00. The minimum absolute atomic E-state index is 0.0537. The molecule has 0 saturated carbocycles. The zero-order chi connectivity index (χ0) is 20.7. The molecule has 5 rings (SSSR count). The Bertz CT molecular complexity index is 1270. The van der Waals surface area contributed by atoms with Crippen LogP contribution in [0.15, 0.2) is 76.7 Å². The number of nitrogens with zero attached hydrogens (tertiary/aromatic N) is 2. The molecule has 0 unspecified atom stereocenters. The molecule has 1 aromatic heterocycles. The van der Waals surface area contributed by atoms with Crippen molar-refractivity contribution < 1.29 is 9.84 Å². The maximum absolute atomic E-state index is 10.4. The minimum Gasteiger partial charge on any atom is -0.507 e. The predicted molar refractivity (Wildman–Crippen MR) is 119 cm³/mol. The van der Waals surface area contributed by atoms with E-state index < -0.39 is 0 Å². The standard InChI is InChI=1S/C23H14Cl2N2O2S/c24-14-7-9-20-13(10-14)11-18-22(29-20)26-21(17-12-15(25)6-8-19(17)28)27-23(18)30-16-4-2-1-3-5-16/h1-10,12,28H,11H2. The van der Waals surface area contributed by atoms with Crippen LogP contribution in [0.25, 0.3) is 11.4 Å².